The van der Waals surface area contributed by atoms with Crippen LogP contribution in [0.2, 0.25) is 0 Å². The number of thiophene rings is 1. The van der Waals surface area contributed by atoms with E-state index in [9.17, 15) is 14.9 Å². The van der Waals surface area contributed by atoms with Crippen molar-refractivity contribution in [3.05, 3.63) is 50.9 Å². The molecular weight excluding hydrogens is 386 g/mol. The Bertz CT molecular complexity index is 1170. The minimum atomic E-state index is -0.123. The third kappa shape index (κ3) is 3.87. The number of nitrogens with one attached hydrogen (secondary N) is 2. The molecule has 0 aliphatic heterocycles. The molecule has 0 saturated heterocycles. The molecule has 0 atom stereocenters. The maximum Gasteiger partial charge on any atom is 0.263 e. The van der Waals surface area contributed by atoms with Gasteiger partial charge in [0.1, 0.15) is 17.2 Å². The summed E-state index contributed by atoms with van der Waals surface area (Å²) in [5.74, 6) is 0.427. The fourth-order valence-electron chi connectivity index (χ4n) is 3.71. The van der Waals surface area contributed by atoms with Crippen LogP contribution in [0.4, 0.5) is 11.4 Å². The highest BCUT2D eigenvalue weighted by atomic mass is 32.1. The number of anilines is 2. The van der Waals surface area contributed by atoms with E-state index in [2.05, 4.69) is 16.7 Å². The first-order valence-corrected chi connectivity index (χ1v) is 10.4. The minimum absolute atomic E-state index is 0.0229. The van der Waals surface area contributed by atoms with Crippen molar-refractivity contribution >= 4 is 38.8 Å². The topological polar surface area (TPSA) is 99.8 Å². The van der Waals surface area contributed by atoms with Gasteiger partial charge in [-0.1, -0.05) is 0 Å². The average molecular weight is 407 g/mol. The van der Waals surface area contributed by atoms with Gasteiger partial charge in [-0.3, -0.25) is 14.2 Å². The zero-order chi connectivity index (χ0) is 20.4. The summed E-state index contributed by atoms with van der Waals surface area (Å²) in [6.45, 7) is 1.77. The molecule has 3 aromatic rings. The fraction of sp³-hybridized carbons (Fsp3) is 0.333. The molecule has 1 amide bonds. The van der Waals surface area contributed by atoms with Gasteiger partial charge in [0.15, 0.2) is 0 Å². The summed E-state index contributed by atoms with van der Waals surface area (Å²) in [6.07, 6.45) is 4.16. The SMILES string of the molecule is CC(=O)Nc1ccc(NCc2nc3sc4c(c3c(=O)n2CC#N)CCCC4)cc1. The first-order valence-electron chi connectivity index (χ1n) is 9.59. The molecule has 4 rings (SSSR count). The number of carbonyl (C=O) groups excluding carboxylic acids is 1. The van der Waals surface area contributed by atoms with Crippen molar-refractivity contribution in [2.45, 2.75) is 45.7 Å². The van der Waals surface area contributed by atoms with Gasteiger partial charge in [0.25, 0.3) is 5.56 Å². The zero-order valence-corrected chi connectivity index (χ0v) is 16.9. The van der Waals surface area contributed by atoms with E-state index in [4.69, 9.17) is 4.98 Å². The predicted octanol–water partition coefficient (Wildman–Crippen LogP) is 3.43. The molecule has 0 saturated carbocycles. The lowest BCUT2D eigenvalue weighted by Crippen LogP contribution is -2.26. The van der Waals surface area contributed by atoms with Crippen molar-refractivity contribution in [2.75, 3.05) is 10.6 Å². The van der Waals surface area contributed by atoms with E-state index < -0.39 is 0 Å². The van der Waals surface area contributed by atoms with Gasteiger partial charge in [-0.05, 0) is 55.5 Å². The standard InChI is InChI=1S/C21H21N5O2S/c1-13(27)24-15-8-6-14(7-9-15)23-12-18-25-20-19(21(28)26(18)11-10-22)16-4-2-3-5-17(16)29-20/h6-9,23H,2-5,11-12H2,1H3,(H,24,27). The number of fused-ring (bicyclic) bond motifs is 3. The Morgan fingerprint density at radius 2 is 1.97 bits per heavy atom. The van der Waals surface area contributed by atoms with Crippen LogP contribution in [-0.2, 0) is 30.7 Å². The van der Waals surface area contributed by atoms with Crippen molar-refractivity contribution in [3.8, 4) is 6.07 Å². The number of rotatable bonds is 5. The maximum absolute atomic E-state index is 13.1. The highest BCUT2D eigenvalue weighted by Gasteiger charge is 2.21. The average Bonchev–Trinajstić information content (AvgIpc) is 3.08. The summed E-state index contributed by atoms with van der Waals surface area (Å²) in [5.41, 5.74) is 2.57. The predicted molar refractivity (Wildman–Crippen MR) is 114 cm³/mol. The van der Waals surface area contributed by atoms with E-state index in [1.54, 1.807) is 23.5 Å². The summed E-state index contributed by atoms with van der Waals surface area (Å²) in [4.78, 5) is 31.0. The number of aryl methyl sites for hydroxylation is 2. The Kier molecular flexibility index (Phi) is 5.32. The van der Waals surface area contributed by atoms with Crippen LogP contribution in [-0.4, -0.2) is 15.5 Å². The molecule has 2 heterocycles. The van der Waals surface area contributed by atoms with Crippen LogP contribution in [0.5, 0.6) is 0 Å². The molecule has 0 unspecified atom stereocenters. The summed E-state index contributed by atoms with van der Waals surface area (Å²) in [5, 5.41) is 15.9. The lowest BCUT2D eigenvalue weighted by Gasteiger charge is -2.13. The highest BCUT2D eigenvalue weighted by Crippen LogP contribution is 2.33. The van der Waals surface area contributed by atoms with Gasteiger partial charge in [-0.15, -0.1) is 11.3 Å². The second kappa shape index (κ2) is 8.05. The second-order valence-corrected chi connectivity index (χ2v) is 8.16. The smallest absolute Gasteiger partial charge is 0.263 e. The molecule has 1 aromatic carbocycles. The molecular formula is C21H21N5O2S. The molecule has 7 nitrogen and oxygen atoms in total. The summed E-state index contributed by atoms with van der Waals surface area (Å²) >= 11 is 1.61. The van der Waals surface area contributed by atoms with Crippen LogP contribution in [0.15, 0.2) is 29.1 Å². The molecule has 0 radical (unpaired) electrons. The monoisotopic (exact) mass is 407 g/mol. The Balaban J connectivity index is 1.64. The van der Waals surface area contributed by atoms with Gasteiger partial charge >= 0.3 is 0 Å². The molecule has 29 heavy (non-hydrogen) atoms. The largest absolute Gasteiger partial charge is 0.378 e. The first-order chi connectivity index (χ1) is 14.1. The lowest BCUT2D eigenvalue weighted by molar-refractivity contribution is -0.114. The van der Waals surface area contributed by atoms with Gasteiger partial charge in [0, 0.05) is 23.2 Å². The molecule has 1 aliphatic rings. The lowest BCUT2D eigenvalue weighted by atomic mass is 9.97. The highest BCUT2D eigenvalue weighted by molar-refractivity contribution is 7.18. The second-order valence-electron chi connectivity index (χ2n) is 7.08. The van der Waals surface area contributed by atoms with E-state index in [0.717, 1.165) is 41.8 Å². The van der Waals surface area contributed by atoms with Gasteiger partial charge in [0.2, 0.25) is 5.91 Å². The quantitative estimate of drug-likeness (QED) is 0.675. The van der Waals surface area contributed by atoms with Gasteiger partial charge in [-0.2, -0.15) is 5.26 Å². The van der Waals surface area contributed by atoms with E-state index >= 15 is 0 Å². The molecule has 2 N–H and O–H groups in total. The van der Waals surface area contributed by atoms with Crippen LogP contribution in [0.1, 0.15) is 36.0 Å². The molecule has 148 valence electrons. The molecule has 0 spiro atoms. The van der Waals surface area contributed by atoms with Crippen molar-refractivity contribution < 1.29 is 4.79 Å². The molecule has 2 aromatic heterocycles. The number of benzene rings is 1. The van der Waals surface area contributed by atoms with Gasteiger partial charge in [0.05, 0.1) is 18.0 Å². The Morgan fingerprint density at radius 3 is 2.69 bits per heavy atom. The normalized spacial score (nSPS) is 13.0. The third-order valence-corrected chi connectivity index (χ3v) is 6.22. The first kappa shape index (κ1) is 19.2. The zero-order valence-electron chi connectivity index (χ0n) is 16.1. The van der Waals surface area contributed by atoms with Crippen LogP contribution >= 0.6 is 11.3 Å². The number of carbonyl (C=O) groups is 1. The summed E-state index contributed by atoms with van der Waals surface area (Å²) in [7, 11) is 0. The number of hydrogen-bond acceptors (Lipinski definition) is 6. The number of nitriles is 1. The number of hydrogen-bond donors (Lipinski definition) is 2. The van der Waals surface area contributed by atoms with Crippen molar-refractivity contribution in [1.82, 2.24) is 9.55 Å². The Labute approximate surface area is 172 Å². The van der Waals surface area contributed by atoms with Crippen LogP contribution in [0.25, 0.3) is 10.2 Å². The van der Waals surface area contributed by atoms with Crippen molar-refractivity contribution in [2.24, 2.45) is 0 Å². The molecule has 8 heteroatoms. The Hall–Kier alpha value is -3.18. The van der Waals surface area contributed by atoms with E-state index in [1.807, 2.05) is 12.1 Å². The molecule has 0 bridgehead atoms. The molecule has 0 fully saturated rings. The van der Waals surface area contributed by atoms with Crippen molar-refractivity contribution in [3.63, 3.8) is 0 Å². The van der Waals surface area contributed by atoms with Crippen LogP contribution < -0.4 is 16.2 Å². The molecule has 1 aliphatic carbocycles. The van der Waals surface area contributed by atoms with E-state index in [-0.39, 0.29) is 18.0 Å². The Morgan fingerprint density at radius 1 is 1.24 bits per heavy atom. The van der Waals surface area contributed by atoms with Crippen LogP contribution in [0.3, 0.4) is 0 Å². The summed E-state index contributed by atoms with van der Waals surface area (Å²) < 4.78 is 1.47. The van der Waals surface area contributed by atoms with Gasteiger partial charge in [-0.25, -0.2) is 4.98 Å². The fourth-order valence-corrected chi connectivity index (χ4v) is 4.98. The van der Waals surface area contributed by atoms with Crippen LogP contribution in [0, 0.1) is 11.3 Å². The minimum Gasteiger partial charge on any atom is -0.378 e. The summed E-state index contributed by atoms with van der Waals surface area (Å²) in [6, 6.07) is 9.38. The number of aromatic nitrogens is 2. The maximum atomic E-state index is 13.1. The van der Waals surface area contributed by atoms with Gasteiger partial charge < -0.3 is 10.6 Å². The third-order valence-electron chi connectivity index (χ3n) is 5.04. The van der Waals surface area contributed by atoms with E-state index in [0.29, 0.717) is 23.4 Å². The number of nitrogens with zero attached hydrogens (tertiary/aromatic N) is 3. The van der Waals surface area contributed by atoms with E-state index in [1.165, 1.54) is 16.4 Å². The van der Waals surface area contributed by atoms with Crippen molar-refractivity contribution in [1.29, 1.82) is 5.26 Å². The number of amides is 1.